The van der Waals surface area contributed by atoms with Gasteiger partial charge in [0.1, 0.15) is 0 Å². The molecule has 1 heterocycles. The van der Waals surface area contributed by atoms with Crippen molar-refractivity contribution >= 4 is 0 Å². The van der Waals surface area contributed by atoms with E-state index in [0.717, 1.165) is 32.6 Å². The largest absolute Gasteiger partial charge is 0.314 e. The summed E-state index contributed by atoms with van der Waals surface area (Å²) in [5, 5.41) is 3.42. The first-order valence-corrected chi connectivity index (χ1v) is 6.82. The van der Waals surface area contributed by atoms with Crippen molar-refractivity contribution in [2.75, 3.05) is 26.2 Å². The van der Waals surface area contributed by atoms with Crippen molar-refractivity contribution in [2.45, 2.75) is 26.3 Å². The Morgan fingerprint density at radius 1 is 1.28 bits per heavy atom. The number of hydrogen-bond acceptors (Lipinski definition) is 2. The molecule has 98 valence electrons. The molecule has 1 aliphatic heterocycles. The normalized spacial score (nSPS) is 18.6. The molecule has 1 aromatic rings. The molecule has 2 heteroatoms. The Bertz CT molecular complexity index is 388. The summed E-state index contributed by atoms with van der Waals surface area (Å²) in [7, 11) is 0. The summed E-state index contributed by atoms with van der Waals surface area (Å²) in [4.78, 5) is 2.58. The summed E-state index contributed by atoms with van der Waals surface area (Å²) in [6.07, 6.45) is 1.06. The Kier molecular flexibility index (Phi) is 4.56. The first-order chi connectivity index (χ1) is 8.66. The van der Waals surface area contributed by atoms with Crippen molar-refractivity contribution in [3.63, 3.8) is 0 Å². The number of nitrogens with zero attached hydrogens (tertiary/aromatic N) is 1. The third-order valence-electron chi connectivity index (χ3n) is 3.60. The van der Waals surface area contributed by atoms with Gasteiger partial charge in [-0.05, 0) is 25.8 Å². The fraction of sp³-hybridized carbons (Fsp3) is 0.500. The molecule has 0 aliphatic carbocycles. The third-order valence-corrected chi connectivity index (χ3v) is 3.60. The van der Waals surface area contributed by atoms with E-state index in [2.05, 4.69) is 54.9 Å². The third kappa shape index (κ3) is 3.44. The van der Waals surface area contributed by atoms with Crippen molar-refractivity contribution in [2.24, 2.45) is 0 Å². The summed E-state index contributed by atoms with van der Waals surface area (Å²) in [5.41, 5.74) is 4.01. The minimum atomic E-state index is 0.491. The van der Waals surface area contributed by atoms with Crippen molar-refractivity contribution in [3.05, 3.63) is 47.5 Å². The zero-order valence-electron chi connectivity index (χ0n) is 11.6. The van der Waals surface area contributed by atoms with Crippen LogP contribution in [0.3, 0.4) is 0 Å². The number of nitrogens with one attached hydrogen (secondary N) is 1. The Balaban J connectivity index is 2.17. The van der Waals surface area contributed by atoms with Crippen molar-refractivity contribution in [1.82, 2.24) is 10.2 Å². The predicted octanol–water partition coefficient (Wildman–Crippen LogP) is 2.91. The second-order valence-electron chi connectivity index (χ2n) is 5.37. The van der Waals surface area contributed by atoms with Gasteiger partial charge >= 0.3 is 0 Å². The lowest BCUT2D eigenvalue weighted by Crippen LogP contribution is -2.45. The summed E-state index contributed by atoms with van der Waals surface area (Å²) < 4.78 is 0. The number of hydrogen-bond donors (Lipinski definition) is 1. The SMILES string of the molecule is C=C(C)C[C@H](c1ccc(C)cc1)N1CCNCC1. The van der Waals surface area contributed by atoms with Crippen LogP contribution in [0.4, 0.5) is 0 Å². The highest BCUT2D eigenvalue weighted by molar-refractivity contribution is 5.25. The molecule has 0 amide bonds. The van der Waals surface area contributed by atoms with E-state index in [1.807, 2.05) is 0 Å². The van der Waals surface area contributed by atoms with Crippen LogP contribution in [0.25, 0.3) is 0 Å². The number of rotatable bonds is 4. The fourth-order valence-corrected chi connectivity index (χ4v) is 2.57. The molecule has 0 saturated carbocycles. The zero-order chi connectivity index (χ0) is 13.0. The first-order valence-electron chi connectivity index (χ1n) is 6.82. The van der Waals surface area contributed by atoms with Crippen molar-refractivity contribution in [1.29, 1.82) is 0 Å². The van der Waals surface area contributed by atoms with Crippen LogP contribution in [0.5, 0.6) is 0 Å². The van der Waals surface area contributed by atoms with E-state index in [1.165, 1.54) is 16.7 Å². The van der Waals surface area contributed by atoms with Crippen LogP contribution in [0.1, 0.15) is 30.5 Å². The maximum atomic E-state index is 4.09. The van der Waals surface area contributed by atoms with Crippen LogP contribution in [0.15, 0.2) is 36.4 Å². The average molecular weight is 244 g/mol. The average Bonchev–Trinajstić information content (AvgIpc) is 2.38. The summed E-state index contributed by atoms with van der Waals surface area (Å²) >= 11 is 0. The van der Waals surface area contributed by atoms with Crippen LogP contribution < -0.4 is 5.32 Å². The van der Waals surface area contributed by atoms with Gasteiger partial charge in [-0.15, -0.1) is 6.58 Å². The molecule has 1 aromatic carbocycles. The molecule has 0 aromatic heterocycles. The van der Waals surface area contributed by atoms with E-state index < -0.39 is 0 Å². The van der Waals surface area contributed by atoms with Crippen LogP contribution >= 0.6 is 0 Å². The Labute approximate surface area is 111 Å². The maximum Gasteiger partial charge on any atom is 0.0386 e. The lowest BCUT2D eigenvalue weighted by Gasteiger charge is -2.35. The molecular formula is C16H24N2. The molecule has 1 fully saturated rings. The van der Waals surface area contributed by atoms with E-state index in [9.17, 15) is 0 Å². The van der Waals surface area contributed by atoms with E-state index in [4.69, 9.17) is 0 Å². The molecule has 2 nitrogen and oxygen atoms in total. The summed E-state index contributed by atoms with van der Waals surface area (Å²) in [6, 6.07) is 9.45. The van der Waals surface area contributed by atoms with Crippen LogP contribution in [-0.4, -0.2) is 31.1 Å². The monoisotopic (exact) mass is 244 g/mol. The Morgan fingerprint density at radius 3 is 2.44 bits per heavy atom. The Hall–Kier alpha value is -1.12. The molecule has 0 bridgehead atoms. The van der Waals surface area contributed by atoms with Crippen LogP contribution in [0, 0.1) is 6.92 Å². The van der Waals surface area contributed by atoms with Gasteiger partial charge in [0.05, 0.1) is 0 Å². The standard InChI is InChI=1S/C16H24N2/c1-13(2)12-16(18-10-8-17-9-11-18)15-6-4-14(3)5-7-15/h4-7,16-17H,1,8-12H2,2-3H3/t16-/m1/s1. The second-order valence-corrected chi connectivity index (χ2v) is 5.37. The lowest BCUT2D eigenvalue weighted by molar-refractivity contribution is 0.172. The van der Waals surface area contributed by atoms with Crippen molar-refractivity contribution in [3.8, 4) is 0 Å². The van der Waals surface area contributed by atoms with E-state index in [1.54, 1.807) is 0 Å². The summed E-state index contributed by atoms with van der Waals surface area (Å²) in [6.45, 7) is 12.8. The minimum absolute atomic E-state index is 0.491. The predicted molar refractivity (Wildman–Crippen MR) is 77.8 cm³/mol. The first kappa shape index (κ1) is 13.3. The molecule has 2 rings (SSSR count). The van der Waals surface area contributed by atoms with Gasteiger partial charge in [0.15, 0.2) is 0 Å². The van der Waals surface area contributed by atoms with Gasteiger partial charge in [0, 0.05) is 32.2 Å². The highest BCUT2D eigenvalue weighted by Crippen LogP contribution is 2.27. The number of aryl methyl sites for hydroxylation is 1. The highest BCUT2D eigenvalue weighted by atomic mass is 15.2. The van der Waals surface area contributed by atoms with E-state index in [-0.39, 0.29) is 0 Å². The summed E-state index contributed by atoms with van der Waals surface area (Å²) in [5.74, 6) is 0. The van der Waals surface area contributed by atoms with Gasteiger partial charge in [-0.3, -0.25) is 4.90 Å². The van der Waals surface area contributed by atoms with E-state index >= 15 is 0 Å². The molecule has 1 aliphatic rings. The van der Waals surface area contributed by atoms with Gasteiger partial charge in [0.2, 0.25) is 0 Å². The van der Waals surface area contributed by atoms with E-state index in [0.29, 0.717) is 6.04 Å². The lowest BCUT2D eigenvalue weighted by atomic mass is 9.97. The van der Waals surface area contributed by atoms with Gasteiger partial charge in [-0.2, -0.15) is 0 Å². The second kappa shape index (κ2) is 6.17. The Morgan fingerprint density at radius 2 is 1.89 bits per heavy atom. The molecule has 1 N–H and O–H groups in total. The molecule has 0 radical (unpaired) electrons. The molecule has 0 unspecified atom stereocenters. The van der Waals surface area contributed by atoms with Gasteiger partial charge in [-0.25, -0.2) is 0 Å². The molecule has 1 atom stereocenters. The quantitative estimate of drug-likeness (QED) is 0.819. The topological polar surface area (TPSA) is 15.3 Å². The zero-order valence-corrected chi connectivity index (χ0v) is 11.6. The van der Waals surface area contributed by atoms with Crippen LogP contribution in [0.2, 0.25) is 0 Å². The van der Waals surface area contributed by atoms with Gasteiger partial charge in [0.25, 0.3) is 0 Å². The van der Waals surface area contributed by atoms with Gasteiger partial charge < -0.3 is 5.32 Å². The number of benzene rings is 1. The van der Waals surface area contributed by atoms with Crippen molar-refractivity contribution < 1.29 is 0 Å². The maximum absolute atomic E-state index is 4.09. The molecular weight excluding hydrogens is 220 g/mol. The smallest absolute Gasteiger partial charge is 0.0386 e. The fourth-order valence-electron chi connectivity index (χ4n) is 2.57. The van der Waals surface area contributed by atoms with Gasteiger partial charge in [-0.1, -0.05) is 35.4 Å². The highest BCUT2D eigenvalue weighted by Gasteiger charge is 2.21. The number of piperazine rings is 1. The van der Waals surface area contributed by atoms with Crippen LogP contribution in [-0.2, 0) is 0 Å². The minimum Gasteiger partial charge on any atom is -0.314 e. The molecule has 1 saturated heterocycles. The molecule has 0 spiro atoms. The molecule has 18 heavy (non-hydrogen) atoms.